The van der Waals surface area contributed by atoms with Crippen LogP contribution in [0.1, 0.15) is 36.2 Å². The molecule has 4 nitrogen and oxygen atoms in total. The first-order chi connectivity index (χ1) is 13.6. The summed E-state index contributed by atoms with van der Waals surface area (Å²) >= 11 is 1.44. The number of methoxy groups -OCH3 is 1. The molecule has 1 heterocycles. The fourth-order valence-electron chi connectivity index (χ4n) is 2.90. The summed E-state index contributed by atoms with van der Waals surface area (Å²) in [4.78, 5) is 17.0. The highest BCUT2D eigenvalue weighted by molar-refractivity contribution is 7.22. The van der Waals surface area contributed by atoms with Gasteiger partial charge < -0.3 is 4.74 Å². The third kappa shape index (κ3) is 4.87. The molecule has 0 radical (unpaired) electrons. The van der Waals surface area contributed by atoms with Gasteiger partial charge in [0.1, 0.15) is 5.75 Å². The largest absolute Gasteiger partial charge is 0.497 e. The van der Waals surface area contributed by atoms with Crippen LogP contribution in [-0.4, -0.2) is 18.0 Å². The molecule has 2 aromatic carbocycles. The molecule has 1 N–H and O–H groups in total. The van der Waals surface area contributed by atoms with E-state index in [-0.39, 0.29) is 5.91 Å². The molecule has 0 aliphatic carbocycles. The molecule has 1 aromatic heterocycles. The SMILES string of the molecule is CC=CC(=CC)CCc1ccc(C(=O)Nc2nc3ccc(OC)cc3s2)cc1. The van der Waals surface area contributed by atoms with Gasteiger partial charge in [-0.2, -0.15) is 0 Å². The molecule has 0 aliphatic heterocycles. The molecule has 0 fully saturated rings. The lowest BCUT2D eigenvalue weighted by molar-refractivity contribution is 0.102. The first-order valence-electron chi connectivity index (χ1n) is 9.25. The van der Waals surface area contributed by atoms with Crippen molar-refractivity contribution < 1.29 is 9.53 Å². The van der Waals surface area contributed by atoms with Crippen LogP contribution in [0.15, 0.2) is 66.3 Å². The van der Waals surface area contributed by atoms with E-state index in [9.17, 15) is 4.79 Å². The Morgan fingerprint density at radius 2 is 1.96 bits per heavy atom. The number of allylic oxidation sites excluding steroid dienone is 4. The molecule has 0 bridgehead atoms. The van der Waals surface area contributed by atoms with Crippen molar-refractivity contribution in [3.8, 4) is 5.75 Å². The Morgan fingerprint density at radius 3 is 2.64 bits per heavy atom. The van der Waals surface area contributed by atoms with E-state index in [4.69, 9.17) is 4.74 Å². The van der Waals surface area contributed by atoms with Crippen molar-refractivity contribution >= 4 is 32.6 Å². The number of carbonyl (C=O) groups excluding carboxylic acids is 1. The fourth-order valence-corrected chi connectivity index (χ4v) is 3.79. The van der Waals surface area contributed by atoms with Crippen LogP contribution in [0.5, 0.6) is 5.75 Å². The summed E-state index contributed by atoms with van der Waals surface area (Å²) in [5.74, 6) is 0.626. The first kappa shape index (κ1) is 19.8. The number of amides is 1. The van der Waals surface area contributed by atoms with Crippen molar-refractivity contribution in [2.75, 3.05) is 12.4 Å². The predicted molar refractivity (Wildman–Crippen MR) is 117 cm³/mol. The molecule has 5 heteroatoms. The van der Waals surface area contributed by atoms with Gasteiger partial charge in [0.05, 0.1) is 17.3 Å². The van der Waals surface area contributed by atoms with Crippen LogP contribution in [0.25, 0.3) is 10.2 Å². The Labute approximate surface area is 169 Å². The highest BCUT2D eigenvalue weighted by atomic mass is 32.1. The minimum absolute atomic E-state index is 0.152. The number of nitrogens with one attached hydrogen (secondary N) is 1. The maximum Gasteiger partial charge on any atom is 0.257 e. The highest BCUT2D eigenvalue weighted by Gasteiger charge is 2.10. The molecule has 1 amide bonds. The van der Waals surface area contributed by atoms with E-state index >= 15 is 0 Å². The summed E-state index contributed by atoms with van der Waals surface area (Å²) in [5.41, 5.74) is 4.00. The van der Waals surface area contributed by atoms with E-state index in [1.807, 2.05) is 49.4 Å². The van der Waals surface area contributed by atoms with Gasteiger partial charge in [-0.3, -0.25) is 10.1 Å². The molecular formula is C23H24N2O2S. The van der Waals surface area contributed by atoms with Crippen LogP contribution in [0, 0.1) is 0 Å². The smallest absolute Gasteiger partial charge is 0.257 e. The average Bonchev–Trinajstić information content (AvgIpc) is 3.12. The number of benzene rings is 2. The molecule has 0 atom stereocenters. The van der Waals surface area contributed by atoms with Gasteiger partial charge in [0.15, 0.2) is 5.13 Å². The van der Waals surface area contributed by atoms with Crippen molar-refractivity contribution in [3.05, 3.63) is 77.4 Å². The van der Waals surface area contributed by atoms with E-state index in [0.29, 0.717) is 10.7 Å². The maximum atomic E-state index is 12.5. The molecule has 0 spiro atoms. The first-order valence-corrected chi connectivity index (χ1v) is 10.1. The van der Waals surface area contributed by atoms with E-state index in [1.54, 1.807) is 7.11 Å². The Morgan fingerprint density at radius 1 is 1.18 bits per heavy atom. The summed E-state index contributed by atoms with van der Waals surface area (Å²) < 4.78 is 6.21. The van der Waals surface area contributed by atoms with Crippen LogP contribution in [0.3, 0.4) is 0 Å². The van der Waals surface area contributed by atoms with Gasteiger partial charge in [-0.25, -0.2) is 4.98 Å². The van der Waals surface area contributed by atoms with E-state index < -0.39 is 0 Å². The zero-order valence-corrected chi connectivity index (χ0v) is 17.2. The molecule has 0 saturated heterocycles. The average molecular weight is 393 g/mol. The van der Waals surface area contributed by atoms with Crippen molar-refractivity contribution in [1.82, 2.24) is 4.98 Å². The van der Waals surface area contributed by atoms with Gasteiger partial charge >= 0.3 is 0 Å². The number of nitrogens with zero attached hydrogens (tertiary/aromatic N) is 1. The number of fused-ring (bicyclic) bond motifs is 1. The van der Waals surface area contributed by atoms with Crippen molar-refractivity contribution in [2.45, 2.75) is 26.7 Å². The topological polar surface area (TPSA) is 51.2 Å². The van der Waals surface area contributed by atoms with Crippen LogP contribution >= 0.6 is 11.3 Å². The van der Waals surface area contributed by atoms with Gasteiger partial charge in [0.2, 0.25) is 0 Å². The summed E-state index contributed by atoms with van der Waals surface area (Å²) in [5, 5.41) is 3.47. The Balaban J connectivity index is 1.64. The number of carbonyl (C=O) groups is 1. The Kier molecular flexibility index (Phi) is 6.61. The summed E-state index contributed by atoms with van der Waals surface area (Å²) in [6.07, 6.45) is 8.26. The Bertz CT molecular complexity index is 1020. The highest BCUT2D eigenvalue weighted by Crippen LogP contribution is 2.29. The summed E-state index contributed by atoms with van der Waals surface area (Å²) in [6, 6.07) is 13.4. The number of hydrogen-bond acceptors (Lipinski definition) is 4. The van der Waals surface area contributed by atoms with Crippen LogP contribution in [0.2, 0.25) is 0 Å². The van der Waals surface area contributed by atoms with Crippen LogP contribution in [0.4, 0.5) is 5.13 Å². The van der Waals surface area contributed by atoms with E-state index in [2.05, 4.69) is 35.5 Å². The van der Waals surface area contributed by atoms with Gasteiger partial charge in [-0.1, -0.05) is 47.3 Å². The molecule has 144 valence electrons. The molecule has 0 aliphatic rings. The summed E-state index contributed by atoms with van der Waals surface area (Å²) in [7, 11) is 1.63. The predicted octanol–water partition coefficient (Wildman–Crippen LogP) is 6.01. The maximum absolute atomic E-state index is 12.5. The fraction of sp³-hybridized carbons (Fsp3) is 0.217. The monoisotopic (exact) mass is 392 g/mol. The number of aryl methyl sites for hydroxylation is 1. The number of rotatable bonds is 7. The molecule has 3 rings (SSSR count). The van der Waals surface area contributed by atoms with E-state index in [1.165, 1.54) is 22.5 Å². The lowest BCUT2D eigenvalue weighted by Gasteiger charge is -2.05. The third-order valence-electron chi connectivity index (χ3n) is 4.49. The normalized spacial score (nSPS) is 11.9. The number of aromatic nitrogens is 1. The van der Waals surface area contributed by atoms with Gasteiger partial charge in [-0.05, 0) is 62.6 Å². The van der Waals surface area contributed by atoms with Gasteiger partial charge in [0.25, 0.3) is 5.91 Å². The zero-order chi connectivity index (χ0) is 19.9. The number of ether oxygens (including phenoxy) is 1. The second-order valence-electron chi connectivity index (χ2n) is 6.37. The quantitative estimate of drug-likeness (QED) is 0.501. The Hall–Kier alpha value is -2.92. The van der Waals surface area contributed by atoms with E-state index in [0.717, 1.165) is 28.8 Å². The minimum atomic E-state index is -0.152. The standard InChI is InChI=1S/C23H24N2O2S/c1-4-6-16(5-2)7-8-17-9-11-18(12-10-17)22(26)25-23-24-20-14-13-19(27-3)15-21(20)28-23/h4-6,9-15H,7-8H2,1-3H3,(H,24,25,26). The minimum Gasteiger partial charge on any atom is -0.497 e. The van der Waals surface area contributed by atoms with Crippen LogP contribution in [-0.2, 0) is 6.42 Å². The summed E-state index contributed by atoms with van der Waals surface area (Å²) in [6.45, 7) is 4.08. The van der Waals surface area contributed by atoms with Gasteiger partial charge in [-0.15, -0.1) is 0 Å². The van der Waals surface area contributed by atoms with Crippen molar-refractivity contribution in [2.24, 2.45) is 0 Å². The zero-order valence-electron chi connectivity index (χ0n) is 16.4. The second-order valence-corrected chi connectivity index (χ2v) is 7.40. The van der Waals surface area contributed by atoms with Gasteiger partial charge in [0, 0.05) is 5.56 Å². The second kappa shape index (κ2) is 9.33. The number of thiazole rings is 1. The molecule has 0 unspecified atom stereocenters. The molecule has 28 heavy (non-hydrogen) atoms. The molecule has 0 saturated carbocycles. The van der Waals surface area contributed by atoms with Crippen molar-refractivity contribution in [1.29, 1.82) is 0 Å². The lowest BCUT2D eigenvalue weighted by Crippen LogP contribution is -2.11. The number of anilines is 1. The third-order valence-corrected chi connectivity index (χ3v) is 5.42. The number of hydrogen-bond donors (Lipinski definition) is 1. The molecular weight excluding hydrogens is 368 g/mol. The van der Waals surface area contributed by atoms with Crippen LogP contribution < -0.4 is 10.1 Å². The lowest BCUT2D eigenvalue weighted by atomic mass is 10.0. The van der Waals surface area contributed by atoms with Crippen molar-refractivity contribution in [3.63, 3.8) is 0 Å². The molecule has 3 aromatic rings.